The van der Waals surface area contributed by atoms with E-state index in [0.29, 0.717) is 22.8 Å². The van der Waals surface area contributed by atoms with Crippen molar-refractivity contribution < 1.29 is 32.5 Å². The van der Waals surface area contributed by atoms with Gasteiger partial charge in [-0.1, -0.05) is 6.07 Å². The van der Waals surface area contributed by atoms with Crippen LogP contribution in [0.4, 0.5) is 13.2 Å². The van der Waals surface area contributed by atoms with Crippen LogP contribution in [-0.4, -0.2) is 58.3 Å². The summed E-state index contributed by atoms with van der Waals surface area (Å²) < 4.78 is 48.6. The highest BCUT2D eigenvalue weighted by Crippen LogP contribution is 2.30. The molecule has 1 amide bonds. The number of benzene rings is 1. The zero-order valence-corrected chi connectivity index (χ0v) is 16.3. The molecule has 0 spiro atoms. The third-order valence-corrected chi connectivity index (χ3v) is 4.99. The summed E-state index contributed by atoms with van der Waals surface area (Å²) in [5, 5.41) is 10.6. The number of amides is 1. The number of carbonyl (C=O) groups is 1. The van der Waals surface area contributed by atoms with Crippen molar-refractivity contribution in [2.45, 2.75) is 18.4 Å². The number of fused-ring (bicyclic) bond motifs is 1. The smallest absolute Gasteiger partial charge is 0.417 e. The van der Waals surface area contributed by atoms with E-state index in [1.165, 1.54) is 12.0 Å². The van der Waals surface area contributed by atoms with Crippen LogP contribution in [0.25, 0.3) is 10.9 Å². The van der Waals surface area contributed by atoms with Crippen molar-refractivity contribution in [1.29, 1.82) is 0 Å². The summed E-state index contributed by atoms with van der Waals surface area (Å²) in [4.78, 5) is 22.2. The van der Waals surface area contributed by atoms with E-state index in [0.717, 1.165) is 12.1 Å². The van der Waals surface area contributed by atoms with Crippen LogP contribution in [0.5, 0.6) is 11.6 Å². The monoisotopic (exact) mass is 433 g/mol. The van der Waals surface area contributed by atoms with Crippen LogP contribution in [0, 0.1) is 0 Å². The van der Waals surface area contributed by atoms with Crippen molar-refractivity contribution in [3.05, 3.63) is 59.9 Å². The predicted octanol–water partition coefficient (Wildman–Crippen LogP) is 3.27. The number of alkyl halides is 3. The van der Waals surface area contributed by atoms with Gasteiger partial charge in [-0.2, -0.15) is 13.2 Å². The summed E-state index contributed by atoms with van der Waals surface area (Å²) in [5.74, 6) is 0.0772. The second kappa shape index (κ2) is 8.12. The van der Waals surface area contributed by atoms with Crippen molar-refractivity contribution in [3.63, 3.8) is 0 Å². The molecule has 2 atom stereocenters. The summed E-state index contributed by atoms with van der Waals surface area (Å²) in [5.41, 5.74) is -0.0850. The second-order valence-electron chi connectivity index (χ2n) is 7.09. The molecule has 7 nitrogen and oxygen atoms in total. The Balaban J connectivity index is 1.50. The normalized spacial score (nSPS) is 19.1. The molecule has 0 unspecified atom stereocenters. The number of aliphatic hydroxyl groups is 1. The van der Waals surface area contributed by atoms with Gasteiger partial charge in [0, 0.05) is 37.8 Å². The molecule has 162 valence electrons. The number of ether oxygens (including phenoxy) is 2. The average molecular weight is 433 g/mol. The van der Waals surface area contributed by atoms with E-state index in [-0.39, 0.29) is 30.6 Å². The molecule has 0 aliphatic carbocycles. The average Bonchev–Trinajstić information content (AvgIpc) is 3.13. The van der Waals surface area contributed by atoms with E-state index in [2.05, 4.69) is 9.97 Å². The molecule has 0 saturated carbocycles. The van der Waals surface area contributed by atoms with Crippen molar-refractivity contribution in [2.75, 3.05) is 20.2 Å². The van der Waals surface area contributed by atoms with Crippen LogP contribution < -0.4 is 4.74 Å². The van der Waals surface area contributed by atoms with Crippen LogP contribution in [0.2, 0.25) is 0 Å². The van der Waals surface area contributed by atoms with Gasteiger partial charge in [-0.3, -0.25) is 4.79 Å². The standard InChI is InChI=1S/C21H18F3N3O4/c1-30-18-11-27(10-17(18)28)20(29)16-5-2-12-8-14(4-6-15(12)26-16)31-19-7-3-13(9-25-19)21(22,23)24/h2-9,17-18,28H,10-11H2,1H3/t17-,18-/m1/s1. The first-order chi connectivity index (χ1) is 14.7. The van der Waals surface area contributed by atoms with Gasteiger partial charge in [-0.25, -0.2) is 9.97 Å². The fraction of sp³-hybridized carbons (Fsp3) is 0.286. The number of halogens is 3. The molecular weight excluding hydrogens is 415 g/mol. The number of β-amino-alcohol motifs (C(OH)–C–C–N with tert-alkyl or cyclic N) is 1. The Labute approximate surface area is 175 Å². The molecule has 10 heteroatoms. The summed E-state index contributed by atoms with van der Waals surface area (Å²) in [6, 6.07) is 10.2. The largest absolute Gasteiger partial charge is 0.439 e. The minimum Gasteiger partial charge on any atom is -0.439 e. The fourth-order valence-corrected chi connectivity index (χ4v) is 3.33. The Morgan fingerprint density at radius 1 is 1.16 bits per heavy atom. The number of likely N-dealkylation sites (tertiary alicyclic amines) is 1. The molecular formula is C21H18F3N3O4. The van der Waals surface area contributed by atoms with Crippen molar-refractivity contribution >= 4 is 16.8 Å². The molecule has 1 aliphatic rings. The van der Waals surface area contributed by atoms with E-state index in [4.69, 9.17) is 9.47 Å². The van der Waals surface area contributed by atoms with Crippen molar-refractivity contribution in [3.8, 4) is 11.6 Å². The van der Waals surface area contributed by atoms with Crippen molar-refractivity contribution in [2.24, 2.45) is 0 Å². The Hall–Kier alpha value is -3.24. The number of pyridine rings is 2. The number of nitrogens with zero attached hydrogens (tertiary/aromatic N) is 3. The van der Waals surface area contributed by atoms with Crippen LogP contribution in [-0.2, 0) is 10.9 Å². The lowest BCUT2D eigenvalue weighted by molar-refractivity contribution is -0.137. The summed E-state index contributed by atoms with van der Waals surface area (Å²) in [6.45, 7) is 0.451. The Morgan fingerprint density at radius 2 is 1.97 bits per heavy atom. The highest BCUT2D eigenvalue weighted by atomic mass is 19.4. The number of rotatable bonds is 4. The number of hydrogen-bond acceptors (Lipinski definition) is 6. The summed E-state index contributed by atoms with van der Waals surface area (Å²) in [6.07, 6.45) is -4.93. The van der Waals surface area contributed by atoms with E-state index < -0.39 is 23.9 Å². The number of carbonyl (C=O) groups excluding carboxylic acids is 1. The topological polar surface area (TPSA) is 84.8 Å². The molecule has 0 radical (unpaired) electrons. The first kappa shape index (κ1) is 21.0. The van der Waals surface area contributed by atoms with Gasteiger partial charge in [0.25, 0.3) is 5.91 Å². The number of methoxy groups -OCH3 is 1. The SMILES string of the molecule is CO[C@@H]1CN(C(=O)c2ccc3cc(Oc4ccc(C(F)(F)F)cn4)ccc3n2)C[C@H]1O. The molecule has 0 bridgehead atoms. The molecule has 1 N–H and O–H groups in total. The van der Waals surface area contributed by atoms with E-state index >= 15 is 0 Å². The quantitative estimate of drug-likeness (QED) is 0.680. The summed E-state index contributed by atoms with van der Waals surface area (Å²) in [7, 11) is 1.48. The molecule has 2 aromatic heterocycles. The molecule has 3 aromatic rings. The maximum atomic E-state index is 12.7. The second-order valence-corrected chi connectivity index (χ2v) is 7.09. The molecule has 3 heterocycles. The summed E-state index contributed by atoms with van der Waals surface area (Å²) >= 11 is 0. The fourth-order valence-electron chi connectivity index (χ4n) is 3.33. The minimum atomic E-state index is -4.47. The van der Waals surface area contributed by atoms with Gasteiger partial charge in [0.1, 0.15) is 17.5 Å². The van der Waals surface area contributed by atoms with E-state index in [9.17, 15) is 23.1 Å². The lowest BCUT2D eigenvalue weighted by Gasteiger charge is -2.15. The highest BCUT2D eigenvalue weighted by Gasteiger charge is 2.35. The van der Waals surface area contributed by atoms with Gasteiger partial charge < -0.3 is 19.5 Å². The third kappa shape index (κ3) is 4.44. The number of aliphatic hydroxyl groups excluding tert-OH is 1. The molecule has 1 fully saturated rings. The Kier molecular flexibility index (Phi) is 5.50. The lowest BCUT2D eigenvalue weighted by Crippen LogP contribution is -2.30. The van der Waals surface area contributed by atoms with Crippen LogP contribution in [0.1, 0.15) is 16.1 Å². The molecule has 1 aromatic carbocycles. The zero-order valence-electron chi connectivity index (χ0n) is 16.3. The zero-order chi connectivity index (χ0) is 22.2. The Bertz CT molecular complexity index is 1110. The van der Waals surface area contributed by atoms with Crippen LogP contribution >= 0.6 is 0 Å². The van der Waals surface area contributed by atoms with Gasteiger partial charge >= 0.3 is 6.18 Å². The van der Waals surface area contributed by atoms with Crippen LogP contribution in [0.15, 0.2) is 48.7 Å². The first-order valence-electron chi connectivity index (χ1n) is 9.36. The first-order valence-corrected chi connectivity index (χ1v) is 9.36. The lowest BCUT2D eigenvalue weighted by atomic mass is 10.2. The molecule has 1 saturated heterocycles. The van der Waals surface area contributed by atoms with Gasteiger partial charge in [0.15, 0.2) is 0 Å². The molecule has 4 rings (SSSR count). The van der Waals surface area contributed by atoms with Gasteiger partial charge in [-0.05, 0) is 30.3 Å². The predicted molar refractivity (Wildman–Crippen MR) is 104 cm³/mol. The van der Waals surface area contributed by atoms with Gasteiger partial charge in [-0.15, -0.1) is 0 Å². The highest BCUT2D eigenvalue weighted by molar-refractivity contribution is 5.95. The van der Waals surface area contributed by atoms with Crippen molar-refractivity contribution in [1.82, 2.24) is 14.9 Å². The van der Waals surface area contributed by atoms with Gasteiger partial charge in [0.05, 0.1) is 17.2 Å². The third-order valence-electron chi connectivity index (χ3n) is 4.99. The molecule has 31 heavy (non-hydrogen) atoms. The molecule has 1 aliphatic heterocycles. The maximum absolute atomic E-state index is 12.7. The van der Waals surface area contributed by atoms with E-state index in [1.54, 1.807) is 30.3 Å². The Morgan fingerprint density at radius 3 is 2.61 bits per heavy atom. The maximum Gasteiger partial charge on any atom is 0.417 e. The minimum absolute atomic E-state index is 0.0207. The number of aromatic nitrogens is 2. The number of hydrogen-bond donors (Lipinski definition) is 1. The van der Waals surface area contributed by atoms with Crippen LogP contribution in [0.3, 0.4) is 0 Å². The van der Waals surface area contributed by atoms with E-state index in [1.807, 2.05) is 0 Å². The van der Waals surface area contributed by atoms with Gasteiger partial charge in [0.2, 0.25) is 5.88 Å².